The number of carbonyl (C=O) groups is 10. The Bertz CT molecular complexity index is 3520. The third kappa shape index (κ3) is 28.1. The summed E-state index contributed by atoms with van der Waals surface area (Å²) < 4.78 is 43.6. The van der Waals surface area contributed by atoms with E-state index < -0.39 is 200 Å². The lowest BCUT2D eigenvalue weighted by molar-refractivity contribution is -0.346. The fourth-order valence-electron chi connectivity index (χ4n) is 12.7. The molecular weight excluding hydrogens is 1430 g/mol. The number of rotatable bonds is 42. The Hall–Kier alpha value is -8.50. The zero-order valence-corrected chi connectivity index (χ0v) is 62.8. The normalized spacial score (nSPS) is 25.8. The number of aromatic amines is 1. The Morgan fingerprint density at radius 3 is 1.94 bits per heavy atom. The van der Waals surface area contributed by atoms with Gasteiger partial charge in [-0.25, -0.2) is 19.2 Å². The van der Waals surface area contributed by atoms with E-state index in [0.29, 0.717) is 42.9 Å². The average molecular weight is 1550 g/mol. The Kier molecular flexibility index (Phi) is 35.7. The minimum atomic E-state index is -1.99. The van der Waals surface area contributed by atoms with Crippen LogP contribution in [0.3, 0.4) is 0 Å². The van der Waals surface area contributed by atoms with Gasteiger partial charge < -0.3 is 112 Å². The van der Waals surface area contributed by atoms with Crippen molar-refractivity contribution in [2.75, 3.05) is 52.2 Å². The van der Waals surface area contributed by atoms with Gasteiger partial charge >= 0.3 is 23.9 Å². The lowest BCUT2D eigenvalue weighted by atomic mass is 9.91. The first kappa shape index (κ1) is 87.7. The van der Waals surface area contributed by atoms with Gasteiger partial charge in [0.2, 0.25) is 41.4 Å². The molecule has 0 radical (unpaired) electrons. The summed E-state index contributed by atoms with van der Waals surface area (Å²) in [6.45, 7) is 7.82. The Labute approximate surface area is 633 Å². The topological polar surface area (TPSA) is 530 Å². The average Bonchev–Trinajstić information content (AvgIpc) is 1.61. The quantitative estimate of drug-likeness (QED) is 0.0228. The number of allylic oxidation sites excluding steroid dienone is 1. The molecule has 0 saturated carbocycles. The maximum Gasteiger partial charge on any atom is 0.409 e. The van der Waals surface area contributed by atoms with Crippen LogP contribution in [0.1, 0.15) is 163 Å². The number of anilines is 1. The molecule has 2 aromatic rings. The molecule has 4 aliphatic heterocycles. The summed E-state index contributed by atoms with van der Waals surface area (Å²) >= 11 is 0. The fraction of sp³-hybridized carbons (Fsp3) is 0.694. The highest BCUT2D eigenvalue weighted by Gasteiger charge is 2.54. The molecule has 16 N–H and O–H groups in total. The van der Waals surface area contributed by atoms with Crippen molar-refractivity contribution >= 4 is 65.3 Å². The third-order valence-electron chi connectivity index (χ3n) is 19.0. The number of hydrogen-bond donors (Lipinski definition) is 15. The minimum Gasteiger partial charge on any atom is -0.447 e. The predicted octanol–water partition coefficient (Wildman–Crippen LogP) is -0.412. The summed E-state index contributed by atoms with van der Waals surface area (Å²) in [6.07, 6.45) is -13.2. The number of nitrogens with zero attached hydrogens (tertiary/aromatic N) is 4. The van der Waals surface area contributed by atoms with Crippen molar-refractivity contribution in [3.8, 4) is 0 Å². The lowest BCUT2D eigenvalue weighted by Gasteiger charge is -2.47. The van der Waals surface area contributed by atoms with Crippen LogP contribution >= 0.6 is 0 Å². The molecule has 37 nitrogen and oxygen atoms in total. The van der Waals surface area contributed by atoms with Crippen molar-refractivity contribution in [3.05, 3.63) is 75.1 Å². The number of likely N-dealkylation sites (N-methyl/N-ethyl adjacent to an activating group) is 2. The number of carbonyl (C=O) groups excluding carboxylic acids is 10. The second-order valence-electron chi connectivity index (χ2n) is 28.6. The molecule has 3 unspecified atom stereocenters. The molecule has 4 aliphatic rings. The van der Waals surface area contributed by atoms with E-state index in [0.717, 1.165) is 77.0 Å². The number of nitrogens with two attached hydrogens (primary N) is 1. The van der Waals surface area contributed by atoms with E-state index in [2.05, 4.69) is 45.7 Å². The molecule has 37 heteroatoms. The van der Waals surface area contributed by atoms with Crippen LogP contribution in [0.2, 0.25) is 0 Å². The van der Waals surface area contributed by atoms with E-state index in [9.17, 15) is 93.3 Å². The van der Waals surface area contributed by atoms with Gasteiger partial charge in [-0.05, 0) is 74.1 Å². The standard InChI is InChI=1S/C72H112N12O25/c1-40(2)21-16-13-11-9-8-10-12-14-17-23-50(88)79-56-60(95)57(92)47(37-46(86)63-61(96)62(97)66(108-63)84-34-31-51(89)80-70(84)101)106-68(56)109-67-55(75-42(5)85)59(94)58(93)48(107-67)39-105-72(103)82(7)36-35-81(6)71(102)104-38-43-25-27-44(28-26-43)76-64(98)45(22-20-32-74-69(73)100)77-65(99)54(41(3)4)78-49(87)24-18-15-19-33-83-52(90)29-30-53(83)91/h17,23,25-28,31,34,40-41,45-48,54-63,66-68,86,92-97H,8-16,18-22,24,29-30,32-33,35-39H2,1-7H3,(H,75,85)(H,76,98)(H,77,99)(H,78,87)(H,79,88)(H3,73,74,100)(H,80,89,101)/b23-17-/t45?,46-,47-,48-,54?,55-,56-,57+,58-,59-,60-,61+,62-,63-,66-,67-,68+/m1/s1/i29T/t29?,45?,46-,47-,48-,54?,55-,56-,57+,58-,59-,60-,61+,62-,63-,66-,67-,68+. The zero-order chi connectivity index (χ0) is 81.1. The number of unbranched alkanes of at least 4 members (excludes halogenated alkanes) is 9. The summed E-state index contributed by atoms with van der Waals surface area (Å²) in [6, 6.07) is 0.791. The number of primary amides is 1. The largest absolute Gasteiger partial charge is 0.447 e. The van der Waals surface area contributed by atoms with E-state index >= 15 is 0 Å². The lowest BCUT2D eigenvalue weighted by Crippen LogP contribution is -2.69. The van der Waals surface area contributed by atoms with Crippen molar-refractivity contribution in [3.63, 3.8) is 0 Å². The highest BCUT2D eigenvalue weighted by Crippen LogP contribution is 2.35. The first-order valence-electron chi connectivity index (χ1n) is 37.7. The summed E-state index contributed by atoms with van der Waals surface area (Å²) in [5.41, 5.74) is 4.22. The number of H-pyrrole nitrogens is 1. The zero-order valence-electron chi connectivity index (χ0n) is 63.8. The summed E-state index contributed by atoms with van der Waals surface area (Å²) in [7, 11) is 2.72. The van der Waals surface area contributed by atoms with Crippen LogP contribution in [0.25, 0.3) is 0 Å². The van der Waals surface area contributed by atoms with E-state index in [4.69, 9.17) is 35.5 Å². The van der Waals surface area contributed by atoms with Gasteiger partial charge in [-0.1, -0.05) is 97.3 Å². The van der Waals surface area contributed by atoms with Crippen molar-refractivity contribution in [2.24, 2.45) is 17.6 Å². The monoisotopic (exact) mass is 1550 g/mol. The maximum atomic E-state index is 13.8. The summed E-state index contributed by atoms with van der Waals surface area (Å²) in [5.74, 6) is -3.96. The van der Waals surface area contributed by atoms with Crippen LogP contribution in [0.4, 0.5) is 20.1 Å². The minimum absolute atomic E-state index is 0.0351. The van der Waals surface area contributed by atoms with Gasteiger partial charge in [-0.2, -0.15) is 0 Å². The molecule has 6 rings (SSSR count). The highest BCUT2D eigenvalue weighted by molar-refractivity contribution is 6.02. The van der Waals surface area contributed by atoms with Gasteiger partial charge in [-0.15, -0.1) is 0 Å². The van der Waals surface area contributed by atoms with Crippen LogP contribution in [0.5, 0.6) is 0 Å². The molecule has 0 bridgehead atoms. The number of imide groups is 1. The van der Waals surface area contributed by atoms with Gasteiger partial charge in [0.05, 0.1) is 12.2 Å². The number of amides is 11. The Morgan fingerprint density at radius 1 is 0.706 bits per heavy atom. The molecule has 5 heterocycles. The second-order valence-corrected chi connectivity index (χ2v) is 28.6. The van der Waals surface area contributed by atoms with Gasteiger partial charge in [-0.3, -0.25) is 52.8 Å². The summed E-state index contributed by atoms with van der Waals surface area (Å²) in [4.78, 5) is 159. The number of likely N-dealkylation sites (tertiary alicyclic amines) is 1. The molecule has 610 valence electrons. The van der Waals surface area contributed by atoms with Crippen LogP contribution in [-0.2, 0) is 68.6 Å². The summed E-state index contributed by atoms with van der Waals surface area (Å²) in [5, 5.41) is 95.4. The SMILES string of the molecule is [3H]C1CC(=O)N(CCCCCC(=O)NC(C(=O)NC(CCCNC(N)=O)C(=O)Nc2ccc(COC(=O)N(C)CCN(C)C(=O)OC[C@H]3O[C@H](O[C@@H]4O[C@H](C[C@@H](O)[C@H]5O[C@@H](n6ccc(=O)[nH]c6=O)[C@H](O)[C@@H]5O)[C@H](O)[C@H](O)[C@H]4NC(=O)/C=C\CCCCCCCCCC(C)C)[C@H](NC(C)=O)[C@@H](O)[C@@H]3O)cc2)C(C)C)C1=O. The molecule has 11 amide bonds. The van der Waals surface area contributed by atoms with Crippen LogP contribution < -0.4 is 48.9 Å². The number of benzene rings is 1. The van der Waals surface area contributed by atoms with Crippen molar-refractivity contribution in [1.29, 1.82) is 0 Å². The van der Waals surface area contributed by atoms with Crippen LogP contribution in [0, 0.1) is 11.8 Å². The van der Waals surface area contributed by atoms with Gasteiger partial charge in [0.1, 0.15) is 86.2 Å². The van der Waals surface area contributed by atoms with Crippen molar-refractivity contribution < 1.29 is 113 Å². The van der Waals surface area contributed by atoms with E-state index in [1.54, 1.807) is 32.1 Å². The Morgan fingerprint density at radius 2 is 1.32 bits per heavy atom. The Balaban J connectivity index is 1.02. The van der Waals surface area contributed by atoms with Gasteiger partial charge in [0.25, 0.3) is 5.56 Å². The number of aliphatic hydroxyl groups is 7. The number of hydrogen-bond acceptors (Lipinski definition) is 25. The van der Waals surface area contributed by atoms with Crippen molar-refractivity contribution in [1.82, 2.24) is 50.8 Å². The number of ether oxygens (including phenoxy) is 6. The molecule has 109 heavy (non-hydrogen) atoms. The molecule has 1 aromatic heterocycles. The smallest absolute Gasteiger partial charge is 0.409 e. The van der Waals surface area contributed by atoms with Gasteiger partial charge in [0.15, 0.2) is 18.8 Å². The molecule has 4 fully saturated rings. The fourth-order valence-corrected chi connectivity index (χ4v) is 12.7. The number of nitrogens with one attached hydrogen (secondary N) is 7. The molecule has 4 saturated heterocycles. The first-order valence-corrected chi connectivity index (χ1v) is 37.1. The highest BCUT2D eigenvalue weighted by atomic mass is 16.8. The van der Waals surface area contributed by atoms with Crippen molar-refractivity contribution in [2.45, 2.75) is 261 Å². The molecule has 0 spiro atoms. The molecule has 0 aliphatic carbocycles. The number of aromatic nitrogens is 2. The van der Waals surface area contributed by atoms with E-state index in [1.165, 1.54) is 45.1 Å². The van der Waals surface area contributed by atoms with E-state index in [1.807, 2.05) is 4.98 Å². The first-order chi connectivity index (χ1) is 52.1. The van der Waals surface area contributed by atoms with Crippen LogP contribution in [-0.4, -0.2) is 264 Å². The third-order valence-corrected chi connectivity index (χ3v) is 19.0. The van der Waals surface area contributed by atoms with Gasteiger partial charge in [0, 0.05) is 92.2 Å². The van der Waals surface area contributed by atoms with Crippen LogP contribution in [0.15, 0.2) is 58.3 Å². The molecule has 1 aromatic carbocycles. The van der Waals surface area contributed by atoms with E-state index in [-0.39, 0.29) is 58.5 Å². The second kappa shape index (κ2) is 44.4. The number of urea groups is 1. The molecule has 18 atom stereocenters. The number of aliphatic hydroxyl groups excluding tert-OH is 7. The maximum absolute atomic E-state index is 13.8. The molecular formula is C72H112N12O25. The predicted molar refractivity (Wildman–Crippen MR) is 387 cm³/mol.